The number of carbonyl (C=O) groups excluding carboxylic acids is 2. The van der Waals surface area contributed by atoms with E-state index in [1.807, 2.05) is 6.92 Å². The molecule has 0 unspecified atom stereocenters. The van der Waals surface area contributed by atoms with Crippen LogP contribution in [-0.4, -0.2) is 45.1 Å². The quantitative estimate of drug-likeness (QED) is 0.798. The molecule has 0 bridgehead atoms. The summed E-state index contributed by atoms with van der Waals surface area (Å²) in [4.78, 5) is 20.5. The van der Waals surface area contributed by atoms with E-state index in [2.05, 4.69) is 9.47 Å². The first kappa shape index (κ1) is 22.0. The fraction of sp³-hybridized carbons (Fsp3) is 0.538. The zero-order valence-electron chi connectivity index (χ0n) is 12.7. The molecule has 8 heteroatoms. The molecule has 0 aliphatic heterocycles. The predicted octanol–water partition coefficient (Wildman–Crippen LogP) is 2.70. The van der Waals surface area contributed by atoms with Gasteiger partial charge in [-0.25, -0.2) is 0 Å². The van der Waals surface area contributed by atoms with Gasteiger partial charge in [-0.3, -0.25) is 9.59 Å². The van der Waals surface area contributed by atoms with Crippen molar-refractivity contribution in [3.05, 3.63) is 22.5 Å². The lowest BCUT2D eigenvalue weighted by Gasteiger charge is -2.05. The summed E-state index contributed by atoms with van der Waals surface area (Å²) in [6, 6.07) is 0. The van der Waals surface area contributed by atoms with Gasteiger partial charge in [0.25, 0.3) is 0 Å². The SMILES string of the molecule is CCOC.COC.Cn1cc(C(F)(F)C=O)c(Cl)c1C=O. The van der Waals surface area contributed by atoms with E-state index in [-0.39, 0.29) is 10.7 Å². The molecule has 1 aromatic heterocycles. The summed E-state index contributed by atoms with van der Waals surface area (Å²) >= 11 is 5.50. The second-order valence-corrected chi connectivity index (χ2v) is 4.08. The molecule has 0 N–H and O–H groups in total. The Morgan fingerprint density at radius 2 is 1.76 bits per heavy atom. The van der Waals surface area contributed by atoms with Crippen LogP contribution in [0.2, 0.25) is 5.02 Å². The average molecular weight is 328 g/mol. The number of ether oxygens (including phenoxy) is 2. The maximum absolute atomic E-state index is 12.9. The molecule has 1 heterocycles. The Labute approximate surface area is 127 Å². The second-order valence-electron chi connectivity index (χ2n) is 3.70. The Morgan fingerprint density at radius 1 is 1.33 bits per heavy atom. The van der Waals surface area contributed by atoms with Crippen LogP contribution in [-0.2, 0) is 27.2 Å². The summed E-state index contributed by atoms with van der Waals surface area (Å²) in [7, 11) is 6.32. The van der Waals surface area contributed by atoms with Gasteiger partial charge in [-0.05, 0) is 6.92 Å². The first-order valence-corrected chi connectivity index (χ1v) is 6.18. The Morgan fingerprint density at radius 3 is 2.00 bits per heavy atom. The molecule has 0 atom stereocenters. The van der Waals surface area contributed by atoms with Crippen LogP contribution < -0.4 is 0 Å². The highest BCUT2D eigenvalue weighted by Crippen LogP contribution is 2.34. The van der Waals surface area contributed by atoms with Crippen molar-refractivity contribution in [3.63, 3.8) is 0 Å². The number of nitrogens with zero attached hydrogens (tertiary/aromatic N) is 1. The smallest absolute Gasteiger partial charge is 0.330 e. The number of carbonyl (C=O) groups is 2. The molecule has 0 fully saturated rings. The van der Waals surface area contributed by atoms with E-state index in [4.69, 9.17) is 11.6 Å². The standard InChI is InChI=1S/C8H6ClF2NO2.C3H8O.C2H6O/c1-12-2-5(8(10,11)4-14)7(9)6(12)3-13;1-3-4-2;1-3-2/h2-4H,1H3;3H2,1-2H3;1-2H3. The zero-order valence-corrected chi connectivity index (χ0v) is 13.4. The molecule has 0 aromatic carbocycles. The van der Waals surface area contributed by atoms with Crippen LogP contribution in [0.25, 0.3) is 0 Å². The monoisotopic (exact) mass is 327 g/mol. The summed E-state index contributed by atoms with van der Waals surface area (Å²) in [6.45, 7) is 2.78. The van der Waals surface area contributed by atoms with Gasteiger partial charge in [-0.1, -0.05) is 11.6 Å². The van der Waals surface area contributed by atoms with Crippen LogP contribution in [0.3, 0.4) is 0 Å². The lowest BCUT2D eigenvalue weighted by Crippen LogP contribution is -2.14. The first-order chi connectivity index (χ1) is 9.76. The lowest BCUT2D eigenvalue weighted by atomic mass is 10.2. The third kappa shape index (κ3) is 7.31. The molecule has 21 heavy (non-hydrogen) atoms. The van der Waals surface area contributed by atoms with Crippen LogP contribution in [0.4, 0.5) is 8.78 Å². The van der Waals surface area contributed by atoms with Crippen molar-refractivity contribution in [2.45, 2.75) is 12.8 Å². The van der Waals surface area contributed by atoms with E-state index in [0.29, 0.717) is 6.29 Å². The fourth-order valence-electron chi connectivity index (χ4n) is 1.04. The number of aromatic nitrogens is 1. The van der Waals surface area contributed by atoms with Crippen LogP contribution in [0, 0.1) is 0 Å². The molecule has 1 rings (SSSR count). The van der Waals surface area contributed by atoms with Gasteiger partial charge >= 0.3 is 5.92 Å². The highest BCUT2D eigenvalue weighted by atomic mass is 35.5. The molecule has 0 spiro atoms. The van der Waals surface area contributed by atoms with Crippen molar-refractivity contribution in [1.29, 1.82) is 0 Å². The van der Waals surface area contributed by atoms with E-state index in [1.54, 1.807) is 21.3 Å². The van der Waals surface area contributed by atoms with Crippen molar-refractivity contribution in [2.24, 2.45) is 7.05 Å². The first-order valence-electron chi connectivity index (χ1n) is 5.80. The van der Waals surface area contributed by atoms with Gasteiger partial charge in [0.1, 0.15) is 5.69 Å². The average Bonchev–Trinajstić information content (AvgIpc) is 2.75. The Hall–Kier alpha value is -1.31. The van der Waals surface area contributed by atoms with Gasteiger partial charge < -0.3 is 14.0 Å². The van der Waals surface area contributed by atoms with Crippen molar-refractivity contribution in [3.8, 4) is 0 Å². The summed E-state index contributed by atoms with van der Waals surface area (Å²) in [5.74, 6) is -3.66. The maximum Gasteiger partial charge on any atom is 0.330 e. The van der Waals surface area contributed by atoms with Crippen LogP contribution in [0.1, 0.15) is 23.0 Å². The largest absolute Gasteiger partial charge is 0.388 e. The molecular weight excluding hydrogens is 308 g/mol. The molecule has 0 aliphatic rings. The van der Waals surface area contributed by atoms with E-state index in [0.717, 1.165) is 17.4 Å². The Kier molecular flexibility index (Phi) is 11.9. The molecule has 0 aliphatic carbocycles. The van der Waals surface area contributed by atoms with Gasteiger partial charge in [0.05, 0.1) is 10.6 Å². The van der Waals surface area contributed by atoms with Crippen molar-refractivity contribution >= 4 is 24.2 Å². The summed E-state index contributed by atoms with van der Waals surface area (Å²) in [6.07, 6.45) is 0.802. The van der Waals surface area contributed by atoms with Crippen LogP contribution in [0.15, 0.2) is 6.20 Å². The fourth-order valence-corrected chi connectivity index (χ4v) is 1.40. The summed E-state index contributed by atoms with van der Waals surface area (Å²) < 4.78 is 35.7. The van der Waals surface area contributed by atoms with Gasteiger partial charge in [0.2, 0.25) is 0 Å². The molecule has 0 saturated heterocycles. The number of hydrogen-bond donors (Lipinski definition) is 0. The molecule has 5 nitrogen and oxygen atoms in total. The summed E-state index contributed by atoms with van der Waals surface area (Å²) in [5.41, 5.74) is -0.734. The zero-order chi connectivity index (χ0) is 17.1. The summed E-state index contributed by atoms with van der Waals surface area (Å²) in [5, 5.41) is -0.389. The van der Waals surface area contributed by atoms with Crippen molar-refractivity contribution < 1.29 is 27.8 Å². The molecule has 0 amide bonds. The topological polar surface area (TPSA) is 57.5 Å². The predicted molar refractivity (Wildman–Crippen MR) is 76.3 cm³/mol. The van der Waals surface area contributed by atoms with E-state index in [9.17, 15) is 18.4 Å². The number of alkyl halides is 2. The normalized spacial score (nSPS) is 9.90. The van der Waals surface area contributed by atoms with Crippen molar-refractivity contribution in [1.82, 2.24) is 4.57 Å². The molecule has 0 radical (unpaired) electrons. The third-order valence-electron chi connectivity index (χ3n) is 2.07. The minimum absolute atomic E-state index is 0.0804. The van der Waals surface area contributed by atoms with Gasteiger partial charge in [-0.15, -0.1) is 0 Å². The van der Waals surface area contributed by atoms with E-state index < -0.39 is 17.8 Å². The van der Waals surface area contributed by atoms with E-state index in [1.165, 1.54) is 7.05 Å². The van der Waals surface area contributed by atoms with Crippen LogP contribution in [0.5, 0.6) is 0 Å². The maximum atomic E-state index is 12.9. The highest BCUT2D eigenvalue weighted by Gasteiger charge is 2.36. The molecule has 0 saturated carbocycles. The minimum Gasteiger partial charge on any atom is -0.388 e. The Balaban J connectivity index is 0. The number of rotatable bonds is 4. The molecule has 122 valence electrons. The number of aldehydes is 2. The van der Waals surface area contributed by atoms with Gasteiger partial charge in [-0.2, -0.15) is 8.78 Å². The Bertz CT molecular complexity index is 434. The van der Waals surface area contributed by atoms with E-state index >= 15 is 0 Å². The third-order valence-corrected chi connectivity index (χ3v) is 2.47. The van der Waals surface area contributed by atoms with Gasteiger partial charge in [0.15, 0.2) is 12.6 Å². The van der Waals surface area contributed by atoms with Crippen LogP contribution >= 0.6 is 11.6 Å². The molecular formula is C13H20ClF2NO4. The highest BCUT2D eigenvalue weighted by molar-refractivity contribution is 6.33. The molecule has 1 aromatic rings. The number of methoxy groups -OCH3 is 2. The minimum atomic E-state index is -3.66. The van der Waals surface area contributed by atoms with Crippen molar-refractivity contribution in [2.75, 3.05) is 27.9 Å². The van der Waals surface area contributed by atoms with Gasteiger partial charge in [0, 0.05) is 41.2 Å². The lowest BCUT2D eigenvalue weighted by molar-refractivity contribution is -0.130. The number of halogens is 3. The second kappa shape index (κ2) is 11.4. The number of aryl methyl sites for hydroxylation is 1. The number of hydrogen-bond acceptors (Lipinski definition) is 4.